The van der Waals surface area contributed by atoms with E-state index >= 15 is 0 Å². The van der Waals surface area contributed by atoms with E-state index in [4.69, 9.17) is 0 Å². The van der Waals surface area contributed by atoms with Gasteiger partial charge in [0.1, 0.15) is 5.01 Å². The lowest BCUT2D eigenvalue weighted by molar-refractivity contribution is 0.893. The van der Waals surface area contributed by atoms with Crippen molar-refractivity contribution >= 4 is 51.5 Å². The maximum atomic E-state index is 4.54. The van der Waals surface area contributed by atoms with E-state index in [1.807, 2.05) is 32.1 Å². The monoisotopic (exact) mass is 443 g/mol. The largest absolute Gasteiger partial charge is 0.378 e. The van der Waals surface area contributed by atoms with Crippen molar-refractivity contribution in [2.75, 3.05) is 23.9 Å². The summed E-state index contributed by atoms with van der Waals surface area (Å²) in [5.41, 5.74) is 4.61. The molecule has 4 aromatic rings. The average Bonchev–Trinajstić information content (AvgIpc) is 3.25. The minimum Gasteiger partial charge on any atom is -0.378 e. The number of aliphatic imine (C=N–C) groups is 1. The normalized spacial score (nSPS) is 12.6. The van der Waals surface area contributed by atoms with Crippen LogP contribution in [0.15, 0.2) is 87.6 Å². The molecule has 1 aliphatic rings. The van der Waals surface area contributed by atoms with Gasteiger partial charge in [-0.15, -0.1) is 10.2 Å². The molecule has 7 heteroatoms. The number of anilines is 3. The molecule has 0 fully saturated rings. The van der Waals surface area contributed by atoms with Gasteiger partial charge in [0.25, 0.3) is 0 Å². The molecule has 31 heavy (non-hydrogen) atoms. The van der Waals surface area contributed by atoms with Crippen LogP contribution >= 0.6 is 23.1 Å². The summed E-state index contributed by atoms with van der Waals surface area (Å²) in [5.74, 6) is 0. The van der Waals surface area contributed by atoms with Crippen LogP contribution in [0.4, 0.5) is 22.2 Å². The fraction of sp³-hybridized carbons (Fsp3) is 0.125. The van der Waals surface area contributed by atoms with Crippen LogP contribution in [0, 0.1) is 0 Å². The van der Waals surface area contributed by atoms with Gasteiger partial charge in [0.2, 0.25) is 5.13 Å². The van der Waals surface area contributed by atoms with Gasteiger partial charge in [0.15, 0.2) is 0 Å². The molecule has 3 aromatic carbocycles. The first-order valence-corrected chi connectivity index (χ1v) is 11.6. The van der Waals surface area contributed by atoms with Crippen molar-refractivity contribution in [3.63, 3.8) is 0 Å². The predicted octanol–water partition coefficient (Wildman–Crippen LogP) is 6.16. The zero-order chi connectivity index (χ0) is 21.2. The standard InChI is InChI=1S/C24H21N5S2/c1-28(2)18-13-11-17(12-14-18)15-25-24-27-26-23(31-24)16-29-19-7-3-5-9-21(19)30-22-10-6-4-8-20(22)29/h3-15H,16H2,1-2H3/b25-15+. The van der Waals surface area contributed by atoms with Crippen molar-refractivity contribution in [3.05, 3.63) is 83.4 Å². The van der Waals surface area contributed by atoms with Gasteiger partial charge >= 0.3 is 0 Å². The zero-order valence-corrected chi connectivity index (χ0v) is 18.9. The number of fused-ring (bicyclic) bond motifs is 2. The highest BCUT2D eigenvalue weighted by Crippen LogP contribution is 2.48. The summed E-state index contributed by atoms with van der Waals surface area (Å²) in [5, 5.41) is 10.3. The Labute approximate surface area is 190 Å². The number of hydrogen-bond donors (Lipinski definition) is 0. The molecule has 0 N–H and O–H groups in total. The van der Waals surface area contributed by atoms with Crippen LogP contribution < -0.4 is 9.80 Å². The van der Waals surface area contributed by atoms with Gasteiger partial charge in [-0.1, -0.05) is 59.5 Å². The van der Waals surface area contributed by atoms with Gasteiger partial charge in [-0.2, -0.15) is 0 Å². The Morgan fingerprint density at radius 3 is 2.16 bits per heavy atom. The lowest BCUT2D eigenvalue weighted by Crippen LogP contribution is -2.20. The molecule has 0 saturated heterocycles. The van der Waals surface area contributed by atoms with Crippen LogP contribution in [0.2, 0.25) is 0 Å². The topological polar surface area (TPSA) is 44.6 Å². The summed E-state index contributed by atoms with van der Waals surface area (Å²) in [6.07, 6.45) is 1.84. The molecule has 0 amide bonds. The summed E-state index contributed by atoms with van der Waals surface area (Å²) in [4.78, 5) is 11.4. The molecule has 0 aliphatic carbocycles. The number of benzene rings is 3. The Balaban J connectivity index is 1.37. The Bertz CT molecular complexity index is 1190. The lowest BCUT2D eigenvalue weighted by atomic mass is 10.2. The molecule has 0 atom stereocenters. The third-order valence-corrected chi connectivity index (χ3v) is 6.96. The highest BCUT2D eigenvalue weighted by Gasteiger charge is 2.23. The molecule has 0 saturated carbocycles. The van der Waals surface area contributed by atoms with E-state index in [2.05, 4.69) is 97.8 Å². The van der Waals surface area contributed by atoms with Gasteiger partial charge in [-0.3, -0.25) is 0 Å². The van der Waals surface area contributed by atoms with E-state index in [-0.39, 0.29) is 0 Å². The first-order valence-electron chi connectivity index (χ1n) is 9.95. The van der Waals surface area contributed by atoms with Crippen LogP contribution in [0.5, 0.6) is 0 Å². The third-order valence-electron chi connectivity index (χ3n) is 5.02. The summed E-state index contributed by atoms with van der Waals surface area (Å²) < 4.78 is 0. The Morgan fingerprint density at radius 1 is 0.871 bits per heavy atom. The van der Waals surface area contributed by atoms with Gasteiger partial charge < -0.3 is 9.80 Å². The number of nitrogens with zero attached hydrogens (tertiary/aromatic N) is 5. The quantitative estimate of drug-likeness (QED) is 0.346. The Morgan fingerprint density at radius 2 is 1.52 bits per heavy atom. The number of para-hydroxylation sites is 2. The molecule has 5 rings (SSSR count). The first-order chi connectivity index (χ1) is 15.2. The minimum atomic E-state index is 0.666. The average molecular weight is 444 g/mol. The molecule has 0 spiro atoms. The van der Waals surface area contributed by atoms with Gasteiger partial charge in [-0.25, -0.2) is 4.99 Å². The molecule has 154 valence electrons. The Hall–Kier alpha value is -3.16. The van der Waals surface area contributed by atoms with Crippen molar-refractivity contribution in [3.8, 4) is 0 Å². The SMILES string of the molecule is CN(C)c1ccc(/C=N/c2nnc(CN3c4ccccc4Sc4ccccc43)s2)cc1. The van der Waals surface area contributed by atoms with Crippen LogP contribution in [0.1, 0.15) is 10.6 Å². The summed E-state index contributed by atoms with van der Waals surface area (Å²) in [7, 11) is 4.06. The van der Waals surface area contributed by atoms with Crippen molar-refractivity contribution in [1.29, 1.82) is 0 Å². The summed E-state index contributed by atoms with van der Waals surface area (Å²) >= 11 is 3.34. The van der Waals surface area contributed by atoms with Crippen molar-refractivity contribution in [1.82, 2.24) is 10.2 Å². The third kappa shape index (κ3) is 4.19. The molecule has 0 radical (unpaired) electrons. The summed E-state index contributed by atoms with van der Waals surface area (Å²) in [6.45, 7) is 0.666. The Kier molecular flexibility index (Phi) is 5.44. The van der Waals surface area contributed by atoms with Crippen LogP contribution in [0.25, 0.3) is 0 Å². The van der Waals surface area contributed by atoms with E-state index in [0.29, 0.717) is 11.7 Å². The number of aromatic nitrogens is 2. The van der Waals surface area contributed by atoms with E-state index in [1.165, 1.54) is 32.5 Å². The molecule has 1 aromatic heterocycles. The molecule has 2 heterocycles. The second kappa shape index (κ2) is 8.53. The molecule has 5 nitrogen and oxygen atoms in total. The smallest absolute Gasteiger partial charge is 0.231 e. The van der Waals surface area contributed by atoms with E-state index in [1.54, 1.807) is 0 Å². The zero-order valence-electron chi connectivity index (χ0n) is 17.3. The number of rotatable bonds is 5. The highest BCUT2D eigenvalue weighted by atomic mass is 32.2. The van der Waals surface area contributed by atoms with Gasteiger partial charge in [-0.05, 0) is 42.0 Å². The van der Waals surface area contributed by atoms with Crippen molar-refractivity contribution < 1.29 is 0 Å². The van der Waals surface area contributed by atoms with Gasteiger partial charge in [0, 0.05) is 35.8 Å². The van der Waals surface area contributed by atoms with Crippen molar-refractivity contribution in [2.24, 2.45) is 4.99 Å². The first kappa shape index (κ1) is 19.8. The predicted molar refractivity (Wildman–Crippen MR) is 131 cm³/mol. The van der Waals surface area contributed by atoms with E-state index < -0.39 is 0 Å². The highest BCUT2D eigenvalue weighted by molar-refractivity contribution is 7.99. The van der Waals surface area contributed by atoms with Crippen LogP contribution in [0.3, 0.4) is 0 Å². The van der Waals surface area contributed by atoms with Crippen molar-refractivity contribution in [2.45, 2.75) is 16.3 Å². The fourth-order valence-corrected chi connectivity index (χ4v) is 5.20. The second-order valence-electron chi connectivity index (χ2n) is 7.35. The maximum absolute atomic E-state index is 4.54. The van der Waals surface area contributed by atoms with E-state index in [0.717, 1.165) is 16.3 Å². The molecule has 0 unspecified atom stereocenters. The molecule has 0 bridgehead atoms. The lowest BCUT2D eigenvalue weighted by Gasteiger charge is -2.31. The number of hydrogen-bond acceptors (Lipinski definition) is 7. The molecule has 1 aliphatic heterocycles. The van der Waals surface area contributed by atoms with E-state index in [9.17, 15) is 0 Å². The van der Waals surface area contributed by atoms with Crippen LogP contribution in [-0.4, -0.2) is 30.5 Å². The molecular formula is C24H21N5S2. The minimum absolute atomic E-state index is 0.666. The van der Waals surface area contributed by atoms with Gasteiger partial charge in [0.05, 0.1) is 17.9 Å². The molecular weight excluding hydrogens is 422 g/mol. The summed E-state index contributed by atoms with van der Waals surface area (Å²) in [6, 6.07) is 25.3. The second-order valence-corrected chi connectivity index (χ2v) is 9.47. The maximum Gasteiger partial charge on any atom is 0.231 e. The van der Waals surface area contributed by atoms with Crippen LogP contribution in [-0.2, 0) is 6.54 Å². The fourth-order valence-electron chi connectivity index (χ4n) is 3.44.